The summed E-state index contributed by atoms with van der Waals surface area (Å²) in [5.41, 5.74) is 14.8. The van der Waals surface area contributed by atoms with Crippen molar-refractivity contribution >= 4 is 39.4 Å². The molecule has 4 N–H and O–H groups in total. The first-order valence-electron chi connectivity index (χ1n) is 9.44. The van der Waals surface area contributed by atoms with Crippen LogP contribution in [-0.4, -0.2) is 22.6 Å². The van der Waals surface area contributed by atoms with Gasteiger partial charge < -0.3 is 11.5 Å². The number of nitrogens with two attached hydrogens (primary N) is 2. The number of para-hydroxylation sites is 1. The summed E-state index contributed by atoms with van der Waals surface area (Å²) in [4.78, 5) is 15.8. The molecule has 6 nitrogen and oxygen atoms in total. The summed E-state index contributed by atoms with van der Waals surface area (Å²) < 4.78 is 0. The van der Waals surface area contributed by atoms with Crippen LogP contribution in [0.5, 0.6) is 0 Å². The van der Waals surface area contributed by atoms with Crippen molar-refractivity contribution in [3.63, 3.8) is 0 Å². The van der Waals surface area contributed by atoms with Gasteiger partial charge in [0.05, 0.1) is 11.0 Å². The fourth-order valence-electron chi connectivity index (χ4n) is 4.40. The summed E-state index contributed by atoms with van der Waals surface area (Å²) in [5.74, 6) is 0.691. The molecule has 1 saturated carbocycles. The Morgan fingerprint density at radius 3 is 2.48 bits per heavy atom. The van der Waals surface area contributed by atoms with Crippen LogP contribution >= 0.6 is 0 Å². The lowest BCUT2D eigenvalue weighted by molar-refractivity contribution is 0.305. The van der Waals surface area contributed by atoms with E-state index >= 15 is 0 Å². The first kappa shape index (κ1) is 16.1. The normalized spacial score (nSPS) is 19.3. The molecule has 0 radical (unpaired) electrons. The van der Waals surface area contributed by atoms with E-state index < -0.39 is 5.66 Å². The van der Waals surface area contributed by atoms with E-state index in [0.29, 0.717) is 5.96 Å². The second-order valence-electron chi connectivity index (χ2n) is 7.38. The highest BCUT2D eigenvalue weighted by Crippen LogP contribution is 2.40. The van der Waals surface area contributed by atoms with Crippen molar-refractivity contribution in [2.24, 2.45) is 21.5 Å². The van der Waals surface area contributed by atoms with Gasteiger partial charge in [-0.25, -0.2) is 9.98 Å². The van der Waals surface area contributed by atoms with Crippen molar-refractivity contribution < 1.29 is 0 Å². The zero-order valence-corrected chi connectivity index (χ0v) is 15.1. The predicted molar refractivity (Wildman–Crippen MR) is 111 cm³/mol. The number of benzene rings is 2. The lowest BCUT2D eigenvalue weighted by atomic mass is 9.87. The third-order valence-corrected chi connectivity index (χ3v) is 5.61. The molecule has 136 valence electrons. The van der Waals surface area contributed by atoms with Crippen LogP contribution < -0.4 is 16.4 Å². The number of anilines is 1. The number of aliphatic imine (C=N–C) groups is 2. The standard InChI is InChI=1S/C21H22N6/c22-19-25-20(23)27(21(26-19)10-4-1-5-11-21)16-8-9-18-15(13-16)12-14-6-2-3-7-17(14)24-18/h2-3,6-9,12-13H,1,4-5,10-11H2,(H4,22,23,25,26). The molecule has 3 aromatic rings. The van der Waals surface area contributed by atoms with Crippen LogP contribution in [0, 0.1) is 0 Å². The summed E-state index contributed by atoms with van der Waals surface area (Å²) in [6.45, 7) is 0. The highest BCUT2D eigenvalue weighted by atomic mass is 15.4. The van der Waals surface area contributed by atoms with Gasteiger partial charge in [0, 0.05) is 16.5 Å². The quantitative estimate of drug-likeness (QED) is 0.651. The Morgan fingerprint density at radius 2 is 1.63 bits per heavy atom. The minimum atomic E-state index is -0.424. The van der Waals surface area contributed by atoms with Gasteiger partial charge in [-0.2, -0.15) is 4.99 Å². The number of rotatable bonds is 1. The molecular formula is C21H22N6. The summed E-state index contributed by atoms with van der Waals surface area (Å²) in [5, 5.41) is 2.20. The van der Waals surface area contributed by atoms with Crippen molar-refractivity contribution in [3.05, 3.63) is 48.5 Å². The summed E-state index contributed by atoms with van der Waals surface area (Å²) in [6.07, 6.45) is 5.30. The molecule has 0 bridgehead atoms. The number of nitrogens with zero attached hydrogens (tertiary/aromatic N) is 4. The van der Waals surface area contributed by atoms with Gasteiger partial charge in [0.15, 0.2) is 0 Å². The number of aromatic nitrogens is 1. The fourth-order valence-corrected chi connectivity index (χ4v) is 4.40. The molecule has 1 aliphatic heterocycles. The summed E-state index contributed by atoms with van der Waals surface area (Å²) >= 11 is 0. The van der Waals surface area contributed by atoms with E-state index in [2.05, 4.69) is 34.2 Å². The second-order valence-corrected chi connectivity index (χ2v) is 7.38. The molecule has 1 aromatic heterocycles. The van der Waals surface area contributed by atoms with Gasteiger partial charge in [-0.3, -0.25) is 4.90 Å². The Hall–Kier alpha value is -3.15. The van der Waals surface area contributed by atoms with Crippen LogP contribution in [0.25, 0.3) is 21.8 Å². The van der Waals surface area contributed by atoms with E-state index in [1.807, 2.05) is 24.3 Å². The van der Waals surface area contributed by atoms with Crippen LogP contribution in [0.4, 0.5) is 5.69 Å². The van der Waals surface area contributed by atoms with E-state index in [1.54, 1.807) is 0 Å². The second kappa shape index (κ2) is 5.94. The zero-order chi connectivity index (χ0) is 18.4. The topological polar surface area (TPSA) is 92.9 Å². The Balaban J connectivity index is 1.66. The van der Waals surface area contributed by atoms with E-state index in [1.165, 1.54) is 6.42 Å². The Labute approximate surface area is 157 Å². The molecule has 2 heterocycles. The predicted octanol–water partition coefficient (Wildman–Crippen LogP) is 3.50. The molecule has 2 aliphatic rings. The lowest BCUT2D eigenvalue weighted by Crippen LogP contribution is -2.58. The zero-order valence-electron chi connectivity index (χ0n) is 15.1. The number of guanidine groups is 2. The number of pyridine rings is 1. The third-order valence-electron chi connectivity index (χ3n) is 5.61. The third kappa shape index (κ3) is 2.60. The van der Waals surface area contributed by atoms with Gasteiger partial charge in [0.25, 0.3) is 0 Å². The Kier molecular flexibility index (Phi) is 3.53. The molecule has 1 spiro atoms. The maximum atomic E-state index is 6.34. The van der Waals surface area contributed by atoms with Crippen molar-refractivity contribution in [1.29, 1.82) is 0 Å². The summed E-state index contributed by atoms with van der Waals surface area (Å²) in [6, 6.07) is 16.6. The number of fused-ring (bicyclic) bond motifs is 2. The molecule has 0 unspecified atom stereocenters. The van der Waals surface area contributed by atoms with Gasteiger partial charge in [-0.05, 0) is 56.0 Å². The van der Waals surface area contributed by atoms with Gasteiger partial charge in [-0.15, -0.1) is 0 Å². The molecule has 2 aromatic carbocycles. The fraction of sp³-hybridized carbons (Fsp3) is 0.286. The maximum Gasteiger partial charge on any atom is 0.220 e. The Bertz CT molecular complexity index is 1090. The van der Waals surface area contributed by atoms with Crippen molar-refractivity contribution in [1.82, 2.24) is 4.98 Å². The number of hydrogen-bond acceptors (Lipinski definition) is 6. The average molecular weight is 358 g/mol. The molecule has 5 rings (SSSR count). The highest BCUT2D eigenvalue weighted by molar-refractivity contribution is 6.06. The lowest BCUT2D eigenvalue weighted by Gasteiger charge is -2.45. The van der Waals surface area contributed by atoms with Crippen molar-refractivity contribution in [2.75, 3.05) is 4.90 Å². The van der Waals surface area contributed by atoms with Crippen LogP contribution in [0.1, 0.15) is 32.1 Å². The van der Waals surface area contributed by atoms with Crippen LogP contribution in [0.3, 0.4) is 0 Å². The van der Waals surface area contributed by atoms with Gasteiger partial charge in [0.1, 0.15) is 5.66 Å². The molecule has 0 amide bonds. The average Bonchev–Trinajstić information content (AvgIpc) is 2.66. The SMILES string of the molecule is NC1=NC2(CCCCC2)N(c2ccc3nc4ccccc4cc3c2)C(N)=N1. The van der Waals surface area contributed by atoms with Crippen molar-refractivity contribution in [2.45, 2.75) is 37.8 Å². The van der Waals surface area contributed by atoms with Gasteiger partial charge in [0.2, 0.25) is 11.9 Å². The molecule has 0 saturated heterocycles. The maximum absolute atomic E-state index is 6.34. The monoisotopic (exact) mass is 358 g/mol. The molecular weight excluding hydrogens is 336 g/mol. The van der Waals surface area contributed by atoms with Gasteiger partial charge >= 0.3 is 0 Å². The van der Waals surface area contributed by atoms with Gasteiger partial charge in [-0.1, -0.05) is 24.6 Å². The van der Waals surface area contributed by atoms with Crippen LogP contribution in [-0.2, 0) is 0 Å². The molecule has 1 fully saturated rings. The van der Waals surface area contributed by atoms with E-state index in [4.69, 9.17) is 21.4 Å². The molecule has 6 heteroatoms. The molecule has 1 aliphatic carbocycles. The molecule has 0 atom stereocenters. The highest BCUT2D eigenvalue weighted by Gasteiger charge is 2.42. The summed E-state index contributed by atoms with van der Waals surface area (Å²) in [7, 11) is 0. The van der Waals surface area contributed by atoms with Crippen LogP contribution in [0.2, 0.25) is 0 Å². The largest absolute Gasteiger partial charge is 0.369 e. The van der Waals surface area contributed by atoms with E-state index in [-0.39, 0.29) is 5.96 Å². The minimum Gasteiger partial charge on any atom is -0.369 e. The van der Waals surface area contributed by atoms with E-state index in [0.717, 1.165) is 53.2 Å². The minimum absolute atomic E-state index is 0.277. The van der Waals surface area contributed by atoms with Crippen molar-refractivity contribution in [3.8, 4) is 0 Å². The first-order chi connectivity index (χ1) is 13.1. The number of hydrogen-bond donors (Lipinski definition) is 2. The molecule has 27 heavy (non-hydrogen) atoms. The van der Waals surface area contributed by atoms with Crippen LogP contribution in [0.15, 0.2) is 58.5 Å². The van der Waals surface area contributed by atoms with E-state index in [9.17, 15) is 0 Å². The Morgan fingerprint density at radius 1 is 0.852 bits per heavy atom. The smallest absolute Gasteiger partial charge is 0.220 e. The first-order valence-corrected chi connectivity index (χ1v) is 9.44.